The van der Waals surface area contributed by atoms with Crippen LogP contribution in [0.4, 0.5) is 10.5 Å². The molecule has 2 amide bonds. The number of anilines is 1. The molecule has 5 heteroatoms. The van der Waals surface area contributed by atoms with Crippen molar-refractivity contribution in [2.75, 3.05) is 5.32 Å². The van der Waals surface area contributed by atoms with Crippen LogP contribution in [0.1, 0.15) is 11.4 Å². The number of amides is 2. The van der Waals surface area contributed by atoms with Gasteiger partial charge in [-0.3, -0.25) is 0 Å². The van der Waals surface area contributed by atoms with Gasteiger partial charge < -0.3 is 15.2 Å². The Bertz CT molecular complexity index is 808. The lowest BCUT2D eigenvalue weighted by Crippen LogP contribution is -2.28. The van der Waals surface area contributed by atoms with Gasteiger partial charge in [0.15, 0.2) is 0 Å². The van der Waals surface area contributed by atoms with Gasteiger partial charge in [0.05, 0.1) is 11.0 Å². The van der Waals surface area contributed by atoms with Crippen LogP contribution in [0, 0.1) is 6.92 Å². The van der Waals surface area contributed by atoms with Gasteiger partial charge in [0.2, 0.25) is 0 Å². The Morgan fingerprint density at radius 2 is 1.95 bits per heavy atom. The molecule has 0 fully saturated rings. The number of fused-ring (bicyclic) bond motifs is 1. The zero-order valence-electron chi connectivity index (χ0n) is 12.6. The molecular weight excluding hydrogens is 276 g/mol. The molecule has 0 aliphatic rings. The topological polar surface area (TPSA) is 59.0 Å². The Balaban J connectivity index is 1.66. The molecule has 3 rings (SSSR count). The molecular formula is C17H18N4O. The average molecular weight is 294 g/mol. The van der Waals surface area contributed by atoms with Gasteiger partial charge in [-0.05, 0) is 30.7 Å². The van der Waals surface area contributed by atoms with Crippen LogP contribution < -0.4 is 10.6 Å². The predicted octanol–water partition coefficient (Wildman–Crippen LogP) is 3.20. The lowest BCUT2D eigenvalue weighted by atomic mass is 10.2. The van der Waals surface area contributed by atoms with E-state index >= 15 is 0 Å². The van der Waals surface area contributed by atoms with Crippen LogP contribution in [0.15, 0.2) is 48.5 Å². The number of rotatable bonds is 3. The highest BCUT2D eigenvalue weighted by Crippen LogP contribution is 2.19. The fraction of sp³-hybridized carbons (Fsp3) is 0.176. The number of urea groups is 1. The smallest absolute Gasteiger partial charge is 0.319 e. The van der Waals surface area contributed by atoms with Crippen LogP contribution in [0.25, 0.3) is 11.0 Å². The molecule has 1 heterocycles. The van der Waals surface area contributed by atoms with Gasteiger partial charge in [0.25, 0.3) is 0 Å². The summed E-state index contributed by atoms with van der Waals surface area (Å²) in [6, 6.07) is 15.3. The van der Waals surface area contributed by atoms with E-state index in [-0.39, 0.29) is 6.03 Å². The number of nitrogens with one attached hydrogen (secondary N) is 2. The van der Waals surface area contributed by atoms with Gasteiger partial charge in [-0.15, -0.1) is 0 Å². The number of carbonyl (C=O) groups excluding carboxylic acids is 1. The molecule has 0 bridgehead atoms. The van der Waals surface area contributed by atoms with Gasteiger partial charge in [-0.1, -0.05) is 30.3 Å². The van der Waals surface area contributed by atoms with Gasteiger partial charge in [-0.25, -0.2) is 9.78 Å². The first kappa shape index (κ1) is 14.1. The number of aromatic nitrogens is 2. The molecule has 3 aromatic rings. The van der Waals surface area contributed by atoms with E-state index in [4.69, 9.17) is 0 Å². The first-order chi connectivity index (χ1) is 10.6. The second-order valence-electron chi connectivity index (χ2n) is 5.21. The number of hydrogen-bond donors (Lipinski definition) is 2. The zero-order chi connectivity index (χ0) is 15.5. The quantitative estimate of drug-likeness (QED) is 0.779. The average Bonchev–Trinajstić information content (AvgIpc) is 2.81. The van der Waals surface area contributed by atoms with E-state index in [9.17, 15) is 4.79 Å². The van der Waals surface area contributed by atoms with Crippen molar-refractivity contribution >= 4 is 22.8 Å². The van der Waals surface area contributed by atoms with Gasteiger partial charge in [0, 0.05) is 19.3 Å². The number of benzene rings is 2. The molecule has 0 spiro atoms. The summed E-state index contributed by atoms with van der Waals surface area (Å²) in [5, 5.41) is 5.67. The summed E-state index contributed by atoms with van der Waals surface area (Å²) < 4.78 is 2.02. The Labute approximate surface area is 129 Å². The molecule has 22 heavy (non-hydrogen) atoms. The molecule has 2 N–H and O–H groups in total. The summed E-state index contributed by atoms with van der Waals surface area (Å²) in [7, 11) is 1.98. The first-order valence-electron chi connectivity index (χ1n) is 7.15. The van der Waals surface area contributed by atoms with Crippen molar-refractivity contribution in [2.24, 2.45) is 7.05 Å². The van der Waals surface area contributed by atoms with Crippen LogP contribution >= 0.6 is 0 Å². The molecule has 0 aliphatic carbocycles. The Kier molecular flexibility index (Phi) is 3.78. The van der Waals surface area contributed by atoms with Crippen molar-refractivity contribution < 1.29 is 4.79 Å². The van der Waals surface area contributed by atoms with Crippen molar-refractivity contribution in [1.29, 1.82) is 0 Å². The molecule has 1 aromatic heterocycles. The molecule has 0 atom stereocenters. The number of aryl methyl sites for hydroxylation is 2. The minimum Gasteiger partial charge on any atom is -0.334 e. The van der Waals surface area contributed by atoms with Crippen molar-refractivity contribution in [1.82, 2.24) is 14.9 Å². The largest absolute Gasteiger partial charge is 0.334 e. The Morgan fingerprint density at radius 1 is 1.18 bits per heavy atom. The van der Waals surface area contributed by atoms with Crippen molar-refractivity contribution in [3.63, 3.8) is 0 Å². The second-order valence-corrected chi connectivity index (χ2v) is 5.21. The normalized spacial score (nSPS) is 10.6. The first-order valence-corrected chi connectivity index (χ1v) is 7.15. The predicted molar refractivity (Wildman–Crippen MR) is 87.8 cm³/mol. The van der Waals surface area contributed by atoms with Crippen molar-refractivity contribution in [3.8, 4) is 0 Å². The summed E-state index contributed by atoms with van der Waals surface area (Å²) in [5.41, 5.74) is 3.72. The minimum absolute atomic E-state index is 0.226. The summed E-state index contributed by atoms with van der Waals surface area (Å²) in [4.78, 5) is 16.4. The van der Waals surface area contributed by atoms with Crippen LogP contribution in [0.2, 0.25) is 0 Å². The highest BCUT2D eigenvalue weighted by molar-refractivity contribution is 5.92. The summed E-state index contributed by atoms with van der Waals surface area (Å²) >= 11 is 0. The molecule has 0 aliphatic heterocycles. The van der Waals surface area contributed by atoms with Gasteiger partial charge in [-0.2, -0.15) is 0 Å². The summed E-state index contributed by atoms with van der Waals surface area (Å²) in [6.07, 6.45) is 0. The third kappa shape index (κ3) is 2.93. The summed E-state index contributed by atoms with van der Waals surface area (Å²) in [6.45, 7) is 2.46. The molecule has 0 saturated carbocycles. The third-order valence-electron chi connectivity index (χ3n) is 3.66. The lowest BCUT2D eigenvalue weighted by molar-refractivity contribution is 0.251. The molecule has 2 aromatic carbocycles. The van der Waals surface area contributed by atoms with Crippen molar-refractivity contribution in [2.45, 2.75) is 13.5 Å². The minimum atomic E-state index is -0.226. The maximum absolute atomic E-state index is 11.9. The van der Waals surface area contributed by atoms with Gasteiger partial charge >= 0.3 is 6.03 Å². The molecule has 0 saturated heterocycles. The molecule has 0 radical (unpaired) electrons. The highest BCUT2D eigenvalue weighted by atomic mass is 16.2. The van der Waals surface area contributed by atoms with E-state index in [1.54, 1.807) is 0 Å². The fourth-order valence-corrected chi connectivity index (χ4v) is 2.35. The third-order valence-corrected chi connectivity index (χ3v) is 3.66. The zero-order valence-corrected chi connectivity index (χ0v) is 12.6. The van der Waals surface area contributed by atoms with E-state index in [1.165, 1.54) is 0 Å². The van der Waals surface area contributed by atoms with Gasteiger partial charge in [0.1, 0.15) is 5.82 Å². The van der Waals surface area contributed by atoms with Crippen LogP contribution in [0.3, 0.4) is 0 Å². The maximum atomic E-state index is 11.9. The monoisotopic (exact) mass is 294 g/mol. The standard InChI is InChI=1S/C17H18N4O/c1-12-19-15-10-14(8-9-16(15)21(12)2)20-17(22)18-11-13-6-4-3-5-7-13/h3-10H,11H2,1-2H3,(H2,18,20,22). The highest BCUT2D eigenvalue weighted by Gasteiger charge is 2.07. The number of hydrogen-bond acceptors (Lipinski definition) is 2. The van der Waals surface area contributed by atoms with E-state index in [0.717, 1.165) is 28.1 Å². The van der Waals surface area contributed by atoms with E-state index < -0.39 is 0 Å². The number of nitrogens with zero attached hydrogens (tertiary/aromatic N) is 2. The number of imidazole rings is 1. The van der Waals surface area contributed by atoms with E-state index in [0.29, 0.717) is 6.54 Å². The maximum Gasteiger partial charge on any atom is 0.319 e. The van der Waals surface area contributed by atoms with E-state index in [2.05, 4.69) is 15.6 Å². The fourth-order valence-electron chi connectivity index (χ4n) is 2.35. The van der Waals surface area contributed by atoms with Crippen LogP contribution in [-0.4, -0.2) is 15.6 Å². The van der Waals surface area contributed by atoms with Crippen molar-refractivity contribution in [3.05, 3.63) is 59.9 Å². The summed E-state index contributed by atoms with van der Waals surface area (Å²) in [5.74, 6) is 0.945. The second kappa shape index (κ2) is 5.89. The molecule has 5 nitrogen and oxygen atoms in total. The molecule has 0 unspecified atom stereocenters. The van der Waals surface area contributed by atoms with E-state index in [1.807, 2.05) is 67.1 Å². The number of carbonyl (C=O) groups is 1. The SMILES string of the molecule is Cc1nc2cc(NC(=O)NCc3ccccc3)ccc2n1C. The lowest BCUT2D eigenvalue weighted by Gasteiger charge is -2.08. The molecule has 112 valence electrons. The Morgan fingerprint density at radius 3 is 2.73 bits per heavy atom. The van der Waals surface area contributed by atoms with Crippen LogP contribution in [0.5, 0.6) is 0 Å². The van der Waals surface area contributed by atoms with Crippen LogP contribution in [-0.2, 0) is 13.6 Å². The Hall–Kier alpha value is -2.82.